The van der Waals surface area contributed by atoms with E-state index < -0.39 is 10.0 Å². The summed E-state index contributed by atoms with van der Waals surface area (Å²) in [7, 11) is -0.488. The molecule has 0 unspecified atom stereocenters. The lowest BCUT2D eigenvalue weighted by molar-refractivity contribution is 0.102. The third kappa shape index (κ3) is 5.72. The second-order valence-electron chi connectivity index (χ2n) is 6.97. The van der Waals surface area contributed by atoms with Gasteiger partial charge in [0, 0.05) is 16.7 Å². The van der Waals surface area contributed by atoms with Crippen LogP contribution in [-0.4, -0.2) is 34.8 Å². The van der Waals surface area contributed by atoms with Crippen LogP contribution in [0.4, 0.5) is 11.4 Å². The Balaban J connectivity index is 1.77. The highest BCUT2D eigenvalue weighted by molar-refractivity contribution is 7.92. The van der Waals surface area contributed by atoms with E-state index in [-0.39, 0.29) is 12.5 Å². The van der Waals surface area contributed by atoms with Crippen molar-refractivity contribution in [1.82, 2.24) is 0 Å². The van der Waals surface area contributed by atoms with Crippen LogP contribution in [0.2, 0.25) is 5.02 Å². The minimum atomic E-state index is -3.54. The van der Waals surface area contributed by atoms with Gasteiger partial charge in [0.05, 0.1) is 38.4 Å². The maximum absolute atomic E-state index is 12.7. The molecule has 0 aromatic heterocycles. The molecule has 0 aliphatic carbocycles. The Bertz CT molecular complexity index is 1210. The predicted molar refractivity (Wildman–Crippen MR) is 126 cm³/mol. The number of ether oxygens (including phenoxy) is 2. The van der Waals surface area contributed by atoms with E-state index in [0.717, 1.165) is 6.26 Å². The third-order valence-corrected chi connectivity index (χ3v) is 6.07. The zero-order valence-corrected chi connectivity index (χ0v) is 19.4. The molecule has 0 spiro atoms. The van der Waals surface area contributed by atoms with Gasteiger partial charge in [-0.15, -0.1) is 0 Å². The summed E-state index contributed by atoms with van der Waals surface area (Å²) in [6.45, 7) is 0.105. The van der Waals surface area contributed by atoms with Crippen LogP contribution in [0.15, 0.2) is 66.7 Å². The Hall–Kier alpha value is -3.23. The largest absolute Gasteiger partial charge is 0.497 e. The van der Waals surface area contributed by atoms with Crippen molar-refractivity contribution in [3.05, 3.63) is 82.9 Å². The van der Waals surface area contributed by atoms with E-state index in [2.05, 4.69) is 5.32 Å². The fourth-order valence-electron chi connectivity index (χ4n) is 3.05. The molecule has 0 atom stereocenters. The minimum absolute atomic E-state index is 0.105. The lowest BCUT2D eigenvalue weighted by atomic mass is 10.1. The Morgan fingerprint density at radius 1 is 1.00 bits per heavy atom. The summed E-state index contributed by atoms with van der Waals surface area (Å²) in [5.41, 5.74) is 2.11. The summed E-state index contributed by atoms with van der Waals surface area (Å²) in [5.74, 6) is 0.758. The maximum atomic E-state index is 12.7. The van der Waals surface area contributed by atoms with E-state index in [4.69, 9.17) is 21.1 Å². The first-order valence-corrected chi connectivity index (χ1v) is 11.8. The number of amides is 1. The number of methoxy groups -OCH3 is 2. The van der Waals surface area contributed by atoms with Crippen molar-refractivity contribution in [2.45, 2.75) is 6.54 Å². The van der Waals surface area contributed by atoms with Crippen molar-refractivity contribution in [2.24, 2.45) is 0 Å². The summed E-state index contributed by atoms with van der Waals surface area (Å²) in [4.78, 5) is 12.7. The molecule has 168 valence electrons. The van der Waals surface area contributed by atoms with Gasteiger partial charge in [-0.3, -0.25) is 9.10 Å². The van der Waals surface area contributed by atoms with E-state index in [1.807, 2.05) is 0 Å². The topological polar surface area (TPSA) is 84.9 Å². The van der Waals surface area contributed by atoms with Gasteiger partial charge in [-0.25, -0.2) is 8.42 Å². The molecule has 0 radical (unpaired) electrons. The van der Waals surface area contributed by atoms with Gasteiger partial charge in [-0.05, 0) is 48.0 Å². The predicted octanol–water partition coefficient (Wildman–Crippen LogP) is 4.58. The number of rotatable bonds is 8. The molecule has 3 rings (SSSR count). The standard InChI is InChI=1S/C23H23ClN2O5S/c1-30-20-11-12-21(22(14-20)31-2)25-23(27)17-9-7-16(8-10-17)15-26(32(3,28)29)19-6-4-5-18(24)13-19/h4-14H,15H2,1-3H3,(H,25,27). The summed E-state index contributed by atoms with van der Waals surface area (Å²) < 4.78 is 36.4. The van der Waals surface area contributed by atoms with Gasteiger partial charge in [0.25, 0.3) is 5.91 Å². The van der Waals surface area contributed by atoms with Crippen LogP contribution in [0.3, 0.4) is 0 Å². The first kappa shape index (κ1) is 23.4. The SMILES string of the molecule is COc1ccc(NC(=O)c2ccc(CN(c3cccc(Cl)c3)S(C)(=O)=O)cc2)c(OC)c1. The van der Waals surface area contributed by atoms with Gasteiger partial charge in [0.1, 0.15) is 11.5 Å². The van der Waals surface area contributed by atoms with Crippen molar-refractivity contribution in [1.29, 1.82) is 0 Å². The number of halogens is 1. The number of benzene rings is 3. The molecule has 0 bridgehead atoms. The van der Waals surface area contributed by atoms with Crippen LogP contribution >= 0.6 is 11.6 Å². The first-order chi connectivity index (χ1) is 15.2. The first-order valence-electron chi connectivity index (χ1n) is 9.57. The Morgan fingerprint density at radius 3 is 2.31 bits per heavy atom. The van der Waals surface area contributed by atoms with Crippen LogP contribution in [0.1, 0.15) is 15.9 Å². The Morgan fingerprint density at radius 2 is 1.72 bits per heavy atom. The molecule has 1 N–H and O–H groups in total. The van der Waals surface area contributed by atoms with E-state index in [1.165, 1.54) is 11.4 Å². The fraction of sp³-hybridized carbons (Fsp3) is 0.174. The number of hydrogen-bond donors (Lipinski definition) is 1. The number of anilines is 2. The van der Waals surface area contributed by atoms with Crippen LogP contribution in [0.25, 0.3) is 0 Å². The molecule has 7 nitrogen and oxygen atoms in total. The van der Waals surface area contributed by atoms with Gasteiger partial charge in [-0.2, -0.15) is 0 Å². The number of nitrogens with zero attached hydrogens (tertiary/aromatic N) is 1. The number of hydrogen-bond acceptors (Lipinski definition) is 5. The van der Waals surface area contributed by atoms with Crippen molar-refractivity contribution in [3.8, 4) is 11.5 Å². The third-order valence-electron chi connectivity index (χ3n) is 4.70. The van der Waals surface area contributed by atoms with Crippen LogP contribution in [0.5, 0.6) is 11.5 Å². The summed E-state index contributed by atoms with van der Waals surface area (Å²) in [6.07, 6.45) is 1.14. The molecule has 32 heavy (non-hydrogen) atoms. The second kappa shape index (κ2) is 9.93. The summed E-state index contributed by atoms with van der Waals surface area (Å²) in [6, 6.07) is 18.4. The van der Waals surface area contributed by atoms with Gasteiger partial charge in [-0.1, -0.05) is 29.8 Å². The Kier molecular flexibility index (Phi) is 7.27. The van der Waals surface area contributed by atoms with E-state index in [0.29, 0.717) is 39.0 Å². The lowest BCUT2D eigenvalue weighted by Crippen LogP contribution is -2.29. The molecule has 0 fully saturated rings. The molecule has 9 heteroatoms. The Labute approximate surface area is 192 Å². The van der Waals surface area contributed by atoms with Gasteiger partial charge >= 0.3 is 0 Å². The van der Waals surface area contributed by atoms with E-state index in [1.54, 1.807) is 73.8 Å². The number of carbonyl (C=O) groups excluding carboxylic acids is 1. The van der Waals surface area contributed by atoms with Crippen molar-refractivity contribution >= 4 is 38.9 Å². The van der Waals surface area contributed by atoms with Crippen LogP contribution in [-0.2, 0) is 16.6 Å². The highest BCUT2D eigenvalue weighted by Gasteiger charge is 2.18. The van der Waals surface area contributed by atoms with Gasteiger partial charge in [0.2, 0.25) is 10.0 Å². The molecule has 0 aliphatic heterocycles. The van der Waals surface area contributed by atoms with Crippen molar-refractivity contribution < 1.29 is 22.7 Å². The average Bonchev–Trinajstić information content (AvgIpc) is 2.77. The van der Waals surface area contributed by atoms with Gasteiger partial charge < -0.3 is 14.8 Å². The summed E-state index contributed by atoms with van der Waals surface area (Å²) >= 11 is 6.02. The molecular weight excluding hydrogens is 452 g/mol. The number of carbonyl (C=O) groups is 1. The molecule has 0 saturated carbocycles. The van der Waals surface area contributed by atoms with Gasteiger partial charge in [0.15, 0.2) is 0 Å². The molecule has 3 aromatic rings. The number of sulfonamides is 1. The van der Waals surface area contributed by atoms with Crippen molar-refractivity contribution in [2.75, 3.05) is 30.1 Å². The fourth-order valence-corrected chi connectivity index (χ4v) is 4.12. The molecule has 3 aromatic carbocycles. The molecule has 0 heterocycles. The normalized spacial score (nSPS) is 11.0. The second-order valence-corrected chi connectivity index (χ2v) is 9.31. The maximum Gasteiger partial charge on any atom is 0.255 e. The van der Waals surface area contributed by atoms with E-state index >= 15 is 0 Å². The monoisotopic (exact) mass is 474 g/mol. The summed E-state index contributed by atoms with van der Waals surface area (Å²) in [5, 5.41) is 3.25. The number of nitrogens with one attached hydrogen (secondary N) is 1. The van der Waals surface area contributed by atoms with Crippen molar-refractivity contribution in [3.63, 3.8) is 0 Å². The highest BCUT2D eigenvalue weighted by atomic mass is 35.5. The molecule has 0 aliphatic rings. The zero-order chi connectivity index (χ0) is 23.3. The zero-order valence-electron chi connectivity index (χ0n) is 17.8. The molecule has 0 saturated heterocycles. The van der Waals surface area contributed by atoms with E-state index in [9.17, 15) is 13.2 Å². The quantitative estimate of drug-likeness (QED) is 0.516. The minimum Gasteiger partial charge on any atom is -0.497 e. The molecular formula is C23H23ClN2O5S. The highest BCUT2D eigenvalue weighted by Crippen LogP contribution is 2.29. The van der Waals surface area contributed by atoms with Crippen LogP contribution in [0, 0.1) is 0 Å². The average molecular weight is 475 g/mol. The smallest absolute Gasteiger partial charge is 0.255 e. The lowest BCUT2D eigenvalue weighted by Gasteiger charge is -2.22. The molecule has 1 amide bonds. The van der Waals surface area contributed by atoms with Crippen LogP contribution < -0.4 is 19.1 Å².